The van der Waals surface area contributed by atoms with Gasteiger partial charge in [0.1, 0.15) is 5.65 Å². The molecule has 92 valence electrons. The van der Waals surface area contributed by atoms with Gasteiger partial charge in [-0.25, -0.2) is 9.78 Å². The van der Waals surface area contributed by atoms with Crippen molar-refractivity contribution in [3.8, 4) is 6.07 Å². The maximum Gasteiger partial charge on any atom is 0.332 e. The summed E-state index contributed by atoms with van der Waals surface area (Å²) in [6.45, 7) is 3.52. The van der Waals surface area contributed by atoms with E-state index in [1.54, 1.807) is 42.8 Å². The van der Waals surface area contributed by atoms with Gasteiger partial charge in [-0.1, -0.05) is 6.07 Å². The second-order valence-corrected chi connectivity index (χ2v) is 4.02. The zero-order valence-corrected chi connectivity index (χ0v) is 10.3. The first kappa shape index (κ1) is 12.1. The first-order chi connectivity index (χ1) is 8.63. The minimum atomic E-state index is -1.34. The van der Waals surface area contributed by atoms with Crippen LogP contribution in [0.25, 0.3) is 5.65 Å². The lowest BCUT2D eigenvalue weighted by Crippen LogP contribution is -2.34. The van der Waals surface area contributed by atoms with E-state index in [1.165, 1.54) is 0 Å². The van der Waals surface area contributed by atoms with Crippen molar-refractivity contribution < 1.29 is 9.53 Å². The van der Waals surface area contributed by atoms with Gasteiger partial charge in [0.2, 0.25) is 0 Å². The Morgan fingerprint density at radius 3 is 3.06 bits per heavy atom. The maximum absolute atomic E-state index is 12.0. The van der Waals surface area contributed by atoms with Crippen LogP contribution in [0.2, 0.25) is 0 Å². The van der Waals surface area contributed by atoms with E-state index in [1.807, 2.05) is 12.1 Å². The summed E-state index contributed by atoms with van der Waals surface area (Å²) in [4.78, 5) is 16.1. The van der Waals surface area contributed by atoms with Gasteiger partial charge in [-0.05, 0) is 26.0 Å². The Hall–Kier alpha value is -2.35. The molecule has 0 radical (unpaired) electrons. The average Bonchev–Trinajstić information content (AvgIpc) is 2.86. The molecule has 2 aromatic heterocycles. The number of hydrogen-bond donors (Lipinski definition) is 0. The van der Waals surface area contributed by atoms with Crippen LogP contribution < -0.4 is 0 Å². The smallest absolute Gasteiger partial charge is 0.332 e. The second kappa shape index (κ2) is 4.49. The third kappa shape index (κ3) is 1.72. The number of aromatic nitrogens is 2. The van der Waals surface area contributed by atoms with Crippen molar-refractivity contribution >= 4 is 11.6 Å². The predicted molar refractivity (Wildman–Crippen MR) is 64.8 cm³/mol. The number of rotatable bonds is 3. The molecule has 2 rings (SSSR count). The number of hydrogen-bond acceptors (Lipinski definition) is 4. The number of nitriles is 1. The lowest BCUT2D eigenvalue weighted by atomic mass is 9.88. The number of nitrogens with zero attached hydrogens (tertiary/aromatic N) is 3. The van der Waals surface area contributed by atoms with Gasteiger partial charge < -0.3 is 9.14 Å². The van der Waals surface area contributed by atoms with Crippen molar-refractivity contribution in [1.82, 2.24) is 9.38 Å². The summed E-state index contributed by atoms with van der Waals surface area (Å²) in [7, 11) is 0. The molecular weight excluding hydrogens is 230 g/mol. The summed E-state index contributed by atoms with van der Waals surface area (Å²) in [6, 6.07) is 7.35. The van der Waals surface area contributed by atoms with Crippen molar-refractivity contribution in [2.75, 3.05) is 6.61 Å². The molecule has 0 aliphatic rings. The van der Waals surface area contributed by atoms with Gasteiger partial charge in [0.25, 0.3) is 0 Å². The fraction of sp³-hybridized carbons (Fsp3) is 0.308. The Morgan fingerprint density at radius 2 is 2.39 bits per heavy atom. The molecule has 0 N–H and O–H groups in total. The minimum Gasteiger partial charge on any atom is -0.465 e. The largest absolute Gasteiger partial charge is 0.465 e. The monoisotopic (exact) mass is 243 g/mol. The summed E-state index contributed by atoms with van der Waals surface area (Å²) < 4.78 is 6.70. The van der Waals surface area contributed by atoms with E-state index < -0.39 is 11.4 Å². The second-order valence-electron chi connectivity index (χ2n) is 4.02. The van der Waals surface area contributed by atoms with Crippen LogP contribution >= 0.6 is 0 Å². The fourth-order valence-corrected chi connectivity index (χ4v) is 1.84. The van der Waals surface area contributed by atoms with Gasteiger partial charge in [-0.2, -0.15) is 5.26 Å². The Balaban J connectivity index is 2.60. The van der Waals surface area contributed by atoms with Crippen molar-refractivity contribution in [3.05, 3.63) is 36.3 Å². The van der Waals surface area contributed by atoms with Gasteiger partial charge in [-0.15, -0.1) is 0 Å². The van der Waals surface area contributed by atoms with Crippen molar-refractivity contribution in [2.45, 2.75) is 19.3 Å². The Bertz CT molecular complexity index is 626. The number of ether oxygens (including phenoxy) is 1. The van der Waals surface area contributed by atoms with E-state index in [0.717, 1.165) is 0 Å². The number of carbonyl (C=O) groups excluding carboxylic acids is 1. The minimum absolute atomic E-state index is 0.246. The fourth-order valence-electron chi connectivity index (χ4n) is 1.84. The Labute approximate surface area is 105 Å². The highest BCUT2D eigenvalue weighted by Gasteiger charge is 2.39. The topological polar surface area (TPSA) is 67.4 Å². The molecule has 1 unspecified atom stereocenters. The third-order valence-corrected chi connectivity index (χ3v) is 2.85. The maximum atomic E-state index is 12.0. The Kier molecular flexibility index (Phi) is 3.02. The van der Waals surface area contributed by atoms with E-state index in [9.17, 15) is 10.1 Å². The molecule has 0 amide bonds. The van der Waals surface area contributed by atoms with Crippen LogP contribution in [0.15, 0.2) is 30.6 Å². The third-order valence-electron chi connectivity index (χ3n) is 2.85. The lowest BCUT2D eigenvalue weighted by Gasteiger charge is -2.20. The molecule has 0 saturated carbocycles. The highest BCUT2D eigenvalue weighted by molar-refractivity contribution is 5.86. The number of imidazole rings is 1. The van der Waals surface area contributed by atoms with Gasteiger partial charge in [0.15, 0.2) is 5.41 Å². The number of pyridine rings is 1. The quantitative estimate of drug-likeness (QED) is 0.769. The van der Waals surface area contributed by atoms with E-state index >= 15 is 0 Å². The van der Waals surface area contributed by atoms with Crippen LogP contribution in [0, 0.1) is 11.3 Å². The van der Waals surface area contributed by atoms with E-state index in [-0.39, 0.29) is 6.61 Å². The normalized spacial score (nSPS) is 13.8. The summed E-state index contributed by atoms with van der Waals surface area (Å²) in [5.74, 6) is -0.547. The standard InChI is InChI=1S/C13H13N3O2/c1-3-18-12(17)13(2,9-14)10-5-4-6-11-15-7-8-16(10)11/h4-8H,3H2,1-2H3. The molecule has 5 nitrogen and oxygen atoms in total. The number of fused-ring (bicyclic) bond motifs is 1. The highest BCUT2D eigenvalue weighted by Crippen LogP contribution is 2.25. The molecule has 0 aliphatic carbocycles. The van der Waals surface area contributed by atoms with Crippen molar-refractivity contribution in [1.29, 1.82) is 5.26 Å². The van der Waals surface area contributed by atoms with E-state index in [4.69, 9.17) is 4.74 Å². The van der Waals surface area contributed by atoms with E-state index in [0.29, 0.717) is 11.3 Å². The zero-order chi connectivity index (χ0) is 13.2. The van der Waals surface area contributed by atoms with Crippen LogP contribution in [-0.2, 0) is 14.9 Å². The van der Waals surface area contributed by atoms with Gasteiger partial charge in [0.05, 0.1) is 18.4 Å². The number of esters is 1. The molecular formula is C13H13N3O2. The summed E-state index contributed by atoms with van der Waals surface area (Å²) in [6.07, 6.45) is 3.35. The lowest BCUT2D eigenvalue weighted by molar-refractivity contribution is -0.147. The summed E-state index contributed by atoms with van der Waals surface area (Å²) in [5, 5.41) is 9.35. The first-order valence-electron chi connectivity index (χ1n) is 5.64. The molecule has 18 heavy (non-hydrogen) atoms. The van der Waals surface area contributed by atoms with Gasteiger partial charge in [0, 0.05) is 12.4 Å². The van der Waals surface area contributed by atoms with Crippen LogP contribution in [0.3, 0.4) is 0 Å². The van der Waals surface area contributed by atoms with Gasteiger partial charge >= 0.3 is 5.97 Å². The van der Waals surface area contributed by atoms with E-state index in [2.05, 4.69) is 4.98 Å². The molecule has 0 aliphatic heterocycles. The van der Waals surface area contributed by atoms with Crippen molar-refractivity contribution in [2.24, 2.45) is 0 Å². The molecule has 0 fully saturated rings. The van der Waals surface area contributed by atoms with Crippen molar-refractivity contribution in [3.63, 3.8) is 0 Å². The van der Waals surface area contributed by atoms with Gasteiger partial charge in [-0.3, -0.25) is 0 Å². The summed E-state index contributed by atoms with van der Waals surface area (Å²) in [5.41, 5.74) is -0.0901. The SMILES string of the molecule is CCOC(=O)C(C)(C#N)c1cccc2nccn12. The molecule has 2 heterocycles. The van der Waals surface area contributed by atoms with Crippen LogP contribution in [0.4, 0.5) is 0 Å². The predicted octanol–water partition coefficient (Wildman–Crippen LogP) is 1.68. The molecule has 0 spiro atoms. The molecule has 0 aromatic carbocycles. The number of carbonyl (C=O) groups is 1. The highest BCUT2D eigenvalue weighted by atomic mass is 16.5. The molecule has 0 saturated heterocycles. The average molecular weight is 243 g/mol. The van der Waals surface area contributed by atoms with Crippen LogP contribution in [0.5, 0.6) is 0 Å². The molecule has 5 heteroatoms. The first-order valence-corrected chi connectivity index (χ1v) is 5.64. The molecule has 0 bridgehead atoms. The summed E-state index contributed by atoms with van der Waals surface area (Å²) >= 11 is 0. The Morgan fingerprint density at radius 1 is 1.61 bits per heavy atom. The van der Waals surface area contributed by atoms with Crippen LogP contribution in [-0.4, -0.2) is 22.0 Å². The van der Waals surface area contributed by atoms with Crippen LogP contribution in [0.1, 0.15) is 19.5 Å². The zero-order valence-electron chi connectivity index (χ0n) is 10.3. The molecule has 1 atom stereocenters. The molecule has 2 aromatic rings.